The maximum atomic E-state index is 12.4. The standard InChI is InChI=1S/C19H22N2O2.ClH/c1-13-6-9-16(20)10-17(13)19(22)21-11-15-4-2-3-5-18(15)23-12-14-7-8-14;/h2-6,9-10,14H,7-8,11-12,20H2,1H3,(H,21,22);1H. The van der Waals surface area contributed by atoms with Gasteiger partial charge in [-0.3, -0.25) is 4.79 Å². The molecule has 1 aliphatic carbocycles. The first kappa shape index (κ1) is 18.1. The largest absolute Gasteiger partial charge is 0.493 e. The highest BCUT2D eigenvalue weighted by molar-refractivity contribution is 5.96. The molecule has 4 nitrogen and oxygen atoms in total. The molecule has 2 aromatic carbocycles. The number of amides is 1. The maximum absolute atomic E-state index is 12.4. The van der Waals surface area contributed by atoms with Gasteiger partial charge in [-0.1, -0.05) is 24.3 Å². The number of nitrogen functional groups attached to an aromatic ring is 1. The van der Waals surface area contributed by atoms with Gasteiger partial charge in [-0.05, 0) is 49.4 Å². The Labute approximate surface area is 148 Å². The number of hydrogen-bond acceptors (Lipinski definition) is 3. The van der Waals surface area contributed by atoms with Crippen LogP contribution in [0, 0.1) is 12.8 Å². The van der Waals surface area contributed by atoms with Crippen molar-refractivity contribution >= 4 is 24.0 Å². The first-order valence-corrected chi connectivity index (χ1v) is 7.98. The third-order valence-corrected chi connectivity index (χ3v) is 4.09. The number of rotatable bonds is 6. The molecule has 0 spiro atoms. The number of ether oxygens (including phenoxy) is 1. The summed E-state index contributed by atoms with van der Waals surface area (Å²) in [5.41, 5.74) is 8.88. The number of halogens is 1. The average Bonchev–Trinajstić information content (AvgIpc) is 3.38. The van der Waals surface area contributed by atoms with Crippen LogP contribution in [0.5, 0.6) is 5.75 Å². The van der Waals surface area contributed by atoms with E-state index in [1.165, 1.54) is 12.8 Å². The van der Waals surface area contributed by atoms with Gasteiger partial charge in [0.1, 0.15) is 5.75 Å². The van der Waals surface area contributed by atoms with Gasteiger partial charge in [0.2, 0.25) is 0 Å². The van der Waals surface area contributed by atoms with Gasteiger partial charge in [-0.15, -0.1) is 12.4 Å². The number of anilines is 1. The normalized spacial score (nSPS) is 13.0. The Bertz CT molecular complexity index is 714. The molecule has 0 saturated heterocycles. The van der Waals surface area contributed by atoms with E-state index in [0.29, 0.717) is 23.7 Å². The minimum Gasteiger partial charge on any atom is -0.493 e. The lowest BCUT2D eigenvalue weighted by atomic mass is 10.1. The number of carbonyl (C=O) groups is 1. The van der Waals surface area contributed by atoms with Crippen LogP contribution in [0.4, 0.5) is 5.69 Å². The molecule has 3 rings (SSSR count). The van der Waals surface area contributed by atoms with Crippen molar-refractivity contribution in [3.05, 3.63) is 59.2 Å². The lowest BCUT2D eigenvalue weighted by molar-refractivity contribution is 0.0950. The number of benzene rings is 2. The Balaban J connectivity index is 0.00000208. The zero-order valence-corrected chi connectivity index (χ0v) is 14.6. The molecule has 5 heteroatoms. The molecule has 0 aromatic heterocycles. The number of carbonyl (C=O) groups excluding carboxylic acids is 1. The number of para-hydroxylation sites is 1. The van der Waals surface area contributed by atoms with Crippen LogP contribution in [0.2, 0.25) is 0 Å². The summed E-state index contributed by atoms with van der Waals surface area (Å²) < 4.78 is 5.87. The molecule has 0 radical (unpaired) electrons. The molecule has 3 N–H and O–H groups in total. The van der Waals surface area contributed by atoms with Gasteiger partial charge in [-0.25, -0.2) is 0 Å². The second-order valence-corrected chi connectivity index (χ2v) is 6.12. The predicted octanol–water partition coefficient (Wildman–Crippen LogP) is 3.72. The van der Waals surface area contributed by atoms with Crippen molar-refractivity contribution in [2.75, 3.05) is 12.3 Å². The number of aryl methyl sites for hydroxylation is 1. The smallest absolute Gasteiger partial charge is 0.251 e. The van der Waals surface area contributed by atoms with Crippen LogP contribution in [-0.4, -0.2) is 12.5 Å². The highest BCUT2D eigenvalue weighted by atomic mass is 35.5. The molecule has 1 aliphatic rings. The second kappa shape index (κ2) is 8.06. The third kappa shape index (κ3) is 4.65. The van der Waals surface area contributed by atoms with Crippen LogP contribution < -0.4 is 15.8 Å². The summed E-state index contributed by atoms with van der Waals surface area (Å²) in [6, 6.07) is 13.2. The minimum absolute atomic E-state index is 0. The molecule has 1 fully saturated rings. The number of hydrogen-bond donors (Lipinski definition) is 2. The number of nitrogens with two attached hydrogens (primary N) is 1. The van der Waals surface area contributed by atoms with Crippen LogP contribution in [0.1, 0.15) is 34.3 Å². The topological polar surface area (TPSA) is 64.4 Å². The van der Waals surface area contributed by atoms with E-state index in [4.69, 9.17) is 10.5 Å². The average molecular weight is 347 g/mol. The molecule has 0 aliphatic heterocycles. The van der Waals surface area contributed by atoms with Crippen molar-refractivity contribution in [1.82, 2.24) is 5.32 Å². The van der Waals surface area contributed by atoms with Crippen LogP contribution in [0.15, 0.2) is 42.5 Å². The van der Waals surface area contributed by atoms with Gasteiger partial charge < -0.3 is 15.8 Å². The number of nitrogens with one attached hydrogen (secondary N) is 1. The Morgan fingerprint density at radius 3 is 2.75 bits per heavy atom. The van der Waals surface area contributed by atoms with E-state index in [-0.39, 0.29) is 18.3 Å². The van der Waals surface area contributed by atoms with Gasteiger partial charge >= 0.3 is 0 Å². The van der Waals surface area contributed by atoms with E-state index in [0.717, 1.165) is 23.5 Å². The fraction of sp³-hybridized carbons (Fsp3) is 0.316. The van der Waals surface area contributed by atoms with E-state index in [1.807, 2.05) is 37.3 Å². The minimum atomic E-state index is -0.119. The third-order valence-electron chi connectivity index (χ3n) is 4.09. The van der Waals surface area contributed by atoms with E-state index in [9.17, 15) is 4.79 Å². The van der Waals surface area contributed by atoms with Crippen LogP contribution >= 0.6 is 12.4 Å². The Morgan fingerprint density at radius 1 is 1.25 bits per heavy atom. The monoisotopic (exact) mass is 346 g/mol. The Morgan fingerprint density at radius 2 is 2.00 bits per heavy atom. The Hall–Kier alpha value is -2.20. The summed E-state index contributed by atoms with van der Waals surface area (Å²) >= 11 is 0. The molecule has 1 amide bonds. The van der Waals surface area contributed by atoms with Crippen LogP contribution in [0.3, 0.4) is 0 Å². The lowest BCUT2D eigenvalue weighted by Gasteiger charge is -2.13. The first-order valence-electron chi connectivity index (χ1n) is 7.98. The van der Waals surface area contributed by atoms with Crippen molar-refractivity contribution in [2.24, 2.45) is 5.92 Å². The Kier molecular flexibility index (Phi) is 6.10. The summed E-state index contributed by atoms with van der Waals surface area (Å²) in [6.07, 6.45) is 2.52. The molecule has 0 bridgehead atoms. The van der Waals surface area contributed by atoms with E-state index < -0.39 is 0 Å². The first-order chi connectivity index (χ1) is 11.1. The molecule has 24 heavy (non-hydrogen) atoms. The highest BCUT2D eigenvalue weighted by Crippen LogP contribution is 2.30. The van der Waals surface area contributed by atoms with Crippen molar-refractivity contribution in [3.63, 3.8) is 0 Å². The summed E-state index contributed by atoms with van der Waals surface area (Å²) in [7, 11) is 0. The summed E-state index contributed by atoms with van der Waals surface area (Å²) in [5, 5.41) is 2.95. The zero-order valence-electron chi connectivity index (χ0n) is 13.7. The molecule has 0 heterocycles. The van der Waals surface area contributed by atoms with Gasteiger partial charge in [0.05, 0.1) is 6.61 Å². The van der Waals surface area contributed by atoms with Gasteiger partial charge in [-0.2, -0.15) is 0 Å². The predicted molar refractivity (Wildman–Crippen MR) is 98.7 cm³/mol. The maximum Gasteiger partial charge on any atom is 0.251 e. The van der Waals surface area contributed by atoms with Gasteiger partial charge in [0, 0.05) is 23.4 Å². The molecule has 128 valence electrons. The summed E-state index contributed by atoms with van der Waals surface area (Å²) in [4.78, 5) is 12.4. The zero-order chi connectivity index (χ0) is 16.2. The van der Waals surface area contributed by atoms with Crippen molar-refractivity contribution in [2.45, 2.75) is 26.3 Å². The van der Waals surface area contributed by atoms with Crippen molar-refractivity contribution < 1.29 is 9.53 Å². The SMILES string of the molecule is Cc1ccc(N)cc1C(=O)NCc1ccccc1OCC1CC1.Cl. The second-order valence-electron chi connectivity index (χ2n) is 6.12. The van der Waals surface area contributed by atoms with Gasteiger partial charge in [0.15, 0.2) is 0 Å². The highest BCUT2D eigenvalue weighted by Gasteiger charge is 2.22. The van der Waals surface area contributed by atoms with Gasteiger partial charge in [0.25, 0.3) is 5.91 Å². The van der Waals surface area contributed by atoms with Crippen molar-refractivity contribution in [3.8, 4) is 5.75 Å². The van der Waals surface area contributed by atoms with E-state index in [1.54, 1.807) is 12.1 Å². The fourth-order valence-electron chi connectivity index (χ4n) is 2.44. The molecule has 0 atom stereocenters. The molecule has 0 unspecified atom stereocenters. The molecular formula is C19H23ClN2O2. The van der Waals surface area contributed by atoms with Crippen molar-refractivity contribution in [1.29, 1.82) is 0 Å². The van der Waals surface area contributed by atoms with E-state index >= 15 is 0 Å². The van der Waals surface area contributed by atoms with Crippen LogP contribution in [-0.2, 0) is 6.54 Å². The quantitative estimate of drug-likeness (QED) is 0.783. The van der Waals surface area contributed by atoms with E-state index in [2.05, 4.69) is 5.32 Å². The summed E-state index contributed by atoms with van der Waals surface area (Å²) in [5.74, 6) is 1.43. The summed E-state index contributed by atoms with van der Waals surface area (Å²) in [6.45, 7) is 3.11. The molecular weight excluding hydrogens is 324 g/mol. The molecule has 1 saturated carbocycles. The van der Waals surface area contributed by atoms with Crippen LogP contribution in [0.25, 0.3) is 0 Å². The molecule has 2 aromatic rings. The fourth-order valence-corrected chi connectivity index (χ4v) is 2.44. The lowest BCUT2D eigenvalue weighted by Crippen LogP contribution is -2.24.